The van der Waals surface area contributed by atoms with Gasteiger partial charge in [0, 0.05) is 19.4 Å². The van der Waals surface area contributed by atoms with Gasteiger partial charge in [-0.2, -0.15) is 0 Å². The molecule has 356 valence electrons. The largest absolute Gasteiger partial charge is 0.463 e. The predicted octanol–water partition coefficient (Wildman–Crippen LogP) is 17.7. The van der Waals surface area contributed by atoms with Crippen LogP contribution in [0.1, 0.15) is 239 Å². The molecule has 0 fully saturated rings. The number of rotatable bonds is 47. The van der Waals surface area contributed by atoms with Crippen LogP contribution in [0, 0.1) is 0 Å². The molecular weight excluding hydrogens is 765 g/mol. The van der Waals surface area contributed by atoms with Gasteiger partial charge in [-0.15, -0.1) is 0 Å². The highest BCUT2D eigenvalue weighted by molar-refractivity contribution is 5.69. The molecule has 0 spiro atoms. The second kappa shape index (κ2) is 52.4. The van der Waals surface area contributed by atoms with Crippen molar-refractivity contribution in [2.45, 2.75) is 245 Å². The minimum absolute atomic E-state index is 0.128. The van der Waals surface area contributed by atoms with Crippen molar-refractivity contribution in [3.05, 3.63) is 85.1 Å². The topological polar surface area (TPSA) is 61.8 Å². The van der Waals surface area contributed by atoms with E-state index in [1.54, 1.807) is 0 Å². The van der Waals surface area contributed by atoms with E-state index >= 15 is 0 Å². The van der Waals surface area contributed by atoms with Crippen molar-refractivity contribution in [1.29, 1.82) is 0 Å². The van der Waals surface area contributed by atoms with Crippen LogP contribution in [0.3, 0.4) is 0 Å². The van der Waals surface area contributed by atoms with Gasteiger partial charge in [0.15, 0.2) is 0 Å². The first-order valence-electron chi connectivity index (χ1n) is 26.1. The highest BCUT2D eigenvalue weighted by Gasteiger charge is 2.16. The third kappa shape index (κ3) is 49.7. The summed E-state index contributed by atoms with van der Waals surface area (Å²) in [5.41, 5.74) is 0. The van der Waals surface area contributed by atoms with Crippen LogP contribution in [0.4, 0.5) is 0 Å². The Morgan fingerprint density at radius 3 is 1.06 bits per heavy atom. The molecule has 0 aromatic heterocycles. The summed E-state index contributed by atoms with van der Waals surface area (Å²) in [4.78, 5) is 25.2. The van der Waals surface area contributed by atoms with Crippen molar-refractivity contribution in [2.24, 2.45) is 0 Å². The summed E-state index contributed by atoms with van der Waals surface area (Å²) in [6.45, 7) is 7.45. The maximum absolute atomic E-state index is 12.6. The van der Waals surface area contributed by atoms with Crippen LogP contribution in [0.15, 0.2) is 85.1 Å². The summed E-state index contributed by atoms with van der Waals surface area (Å²) in [5.74, 6) is -0.398. The van der Waals surface area contributed by atoms with E-state index in [1.807, 2.05) is 0 Å². The maximum Gasteiger partial charge on any atom is 0.305 e. The smallest absolute Gasteiger partial charge is 0.305 e. The second-order valence-electron chi connectivity index (χ2n) is 17.0. The second-order valence-corrected chi connectivity index (χ2v) is 17.0. The highest BCUT2D eigenvalue weighted by atomic mass is 16.6. The highest BCUT2D eigenvalue weighted by Crippen LogP contribution is 2.15. The van der Waals surface area contributed by atoms with Crippen LogP contribution in [0.5, 0.6) is 0 Å². The lowest BCUT2D eigenvalue weighted by Gasteiger charge is -2.18. The Balaban J connectivity index is 4.35. The Labute approximate surface area is 384 Å². The molecule has 0 unspecified atom stereocenters. The van der Waals surface area contributed by atoms with Crippen molar-refractivity contribution in [1.82, 2.24) is 0 Å². The maximum atomic E-state index is 12.6. The van der Waals surface area contributed by atoms with E-state index in [4.69, 9.17) is 14.2 Å². The molecule has 1 atom stereocenters. The lowest BCUT2D eigenvalue weighted by Crippen LogP contribution is -2.29. The van der Waals surface area contributed by atoms with E-state index in [0.29, 0.717) is 19.4 Å². The number of allylic oxidation sites excluding steroid dienone is 14. The number of esters is 2. The van der Waals surface area contributed by atoms with Gasteiger partial charge in [0.1, 0.15) is 19.3 Å². The molecule has 0 heterocycles. The summed E-state index contributed by atoms with van der Waals surface area (Å²) in [7, 11) is 0. The number of carbonyl (C=O) groups is 2. The Kier molecular flexibility index (Phi) is 50.0. The third-order valence-corrected chi connectivity index (χ3v) is 11.0. The number of unbranched alkanes of at least 4 members (excludes halogenated alkanes) is 22. The zero-order chi connectivity index (χ0) is 44.9. The normalized spacial score (nSPS) is 12.9. The van der Waals surface area contributed by atoms with E-state index in [0.717, 1.165) is 103 Å². The number of hydrogen-bond donors (Lipinski definition) is 0. The van der Waals surface area contributed by atoms with Gasteiger partial charge in [0.2, 0.25) is 0 Å². The van der Waals surface area contributed by atoms with Gasteiger partial charge >= 0.3 is 11.9 Å². The molecule has 0 saturated carbocycles. The minimum Gasteiger partial charge on any atom is -0.463 e. The molecule has 0 rings (SSSR count). The molecule has 0 aromatic carbocycles. The van der Waals surface area contributed by atoms with Gasteiger partial charge in [-0.3, -0.25) is 9.59 Å². The monoisotopic (exact) mass is 863 g/mol. The molecule has 0 amide bonds. The van der Waals surface area contributed by atoms with Crippen molar-refractivity contribution in [2.75, 3.05) is 19.8 Å². The first kappa shape index (κ1) is 59.1. The molecule has 0 bridgehead atoms. The van der Waals surface area contributed by atoms with Crippen molar-refractivity contribution < 1.29 is 23.8 Å². The van der Waals surface area contributed by atoms with Crippen LogP contribution in [-0.4, -0.2) is 37.9 Å². The molecule has 0 N–H and O–H groups in total. The summed E-state index contributed by atoms with van der Waals surface area (Å²) in [6, 6.07) is 0. The zero-order valence-corrected chi connectivity index (χ0v) is 40.9. The standard InChI is InChI=1S/C57H98O5/c1-4-7-10-13-16-19-22-25-28-31-34-37-40-43-46-49-52-60-55(53-61-56(58)50-47-44-41-38-35-32-29-26-23-20-17-14-11-8-5-2)54-62-57(59)51-48-45-42-39-36-33-30-27-24-21-18-15-12-9-6-3/h8-9,11-12,17-18,20-21,26-27,29-30,35,38,55H,4-7,10,13-16,19,22-25,28,31-34,36-37,39-54H2,1-3H3/b11-8-,12-9-,20-17-,21-18-,29-26-,30-27-,38-35-/t55-/m1/s1. The minimum atomic E-state index is -0.426. The molecule has 0 saturated heterocycles. The van der Waals surface area contributed by atoms with Crippen molar-refractivity contribution in [3.63, 3.8) is 0 Å². The van der Waals surface area contributed by atoms with Gasteiger partial charge in [0.25, 0.3) is 0 Å². The van der Waals surface area contributed by atoms with Crippen LogP contribution in [0.25, 0.3) is 0 Å². The van der Waals surface area contributed by atoms with E-state index in [9.17, 15) is 9.59 Å². The Morgan fingerprint density at radius 1 is 0.355 bits per heavy atom. The summed E-state index contributed by atoms with van der Waals surface area (Å²) in [6.07, 6.45) is 69.0. The van der Waals surface area contributed by atoms with Crippen LogP contribution in [0.2, 0.25) is 0 Å². The van der Waals surface area contributed by atoms with Gasteiger partial charge < -0.3 is 14.2 Å². The number of carbonyl (C=O) groups excluding carboxylic acids is 2. The Bertz CT molecular complexity index is 1160. The molecule has 0 aliphatic carbocycles. The predicted molar refractivity (Wildman–Crippen MR) is 270 cm³/mol. The molecule has 0 aliphatic heterocycles. The van der Waals surface area contributed by atoms with E-state index in [2.05, 4.69) is 106 Å². The Hall–Kier alpha value is -2.92. The van der Waals surface area contributed by atoms with Gasteiger partial charge in [-0.05, 0) is 89.9 Å². The van der Waals surface area contributed by atoms with Gasteiger partial charge in [-0.25, -0.2) is 0 Å². The lowest BCUT2D eigenvalue weighted by molar-refractivity contribution is -0.155. The first-order valence-corrected chi connectivity index (χ1v) is 26.1. The fraction of sp³-hybridized carbons (Fsp3) is 0.719. The average Bonchev–Trinajstić information content (AvgIpc) is 3.28. The summed E-state index contributed by atoms with van der Waals surface area (Å²) in [5, 5.41) is 0. The first-order chi connectivity index (χ1) is 30.6. The van der Waals surface area contributed by atoms with Crippen molar-refractivity contribution >= 4 is 11.9 Å². The molecule has 5 heteroatoms. The number of ether oxygens (including phenoxy) is 3. The van der Waals surface area contributed by atoms with Crippen molar-refractivity contribution in [3.8, 4) is 0 Å². The SMILES string of the molecule is CC/C=C\C/C=C\C/C=C\C/C=C\CCCCC(=O)OC[C@H](COC(=O)CCCCCCC/C=C\C/C=C\C/C=C\CC)OCCCCCCCCCCCCCCCCCC. The molecule has 5 nitrogen and oxygen atoms in total. The van der Waals surface area contributed by atoms with E-state index in [-0.39, 0.29) is 25.2 Å². The Morgan fingerprint density at radius 2 is 0.661 bits per heavy atom. The summed E-state index contributed by atoms with van der Waals surface area (Å²) >= 11 is 0. The molecule has 0 radical (unpaired) electrons. The molecule has 0 aromatic rings. The average molecular weight is 863 g/mol. The van der Waals surface area contributed by atoms with Crippen LogP contribution in [-0.2, 0) is 23.8 Å². The van der Waals surface area contributed by atoms with Crippen LogP contribution < -0.4 is 0 Å². The van der Waals surface area contributed by atoms with Gasteiger partial charge in [-0.1, -0.05) is 221 Å². The lowest BCUT2D eigenvalue weighted by atomic mass is 10.0. The van der Waals surface area contributed by atoms with E-state index in [1.165, 1.54) is 103 Å². The molecule has 62 heavy (non-hydrogen) atoms. The van der Waals surface area contributed by atoms with E-state index < -0.39 is 6.10 Å². The molecular formula is C57H98O5. The fourth-order valence-electron chi connectivity index (χ4n) is 7.08. The summed E-state index contributed by atoms with van der Waals surface area (Å²) < 4.78 is 17.4. The van der Waals surface area contributed by atoms with Crippen LogP contribution >= 0.6 is 0 Å². The van der Waals surface area contributed by atoms with Gasteiger partial charge in [0.05, 0.1) is 0 Å². The zero-order valence-electron chi connectivity index (χ0n) is 40.9. The fourth-order valence-corrected chi connectivity index (χ4v) is 7.08. The number of hydrogen-bond acceptors (Lipinski definition) is 5. The molecule has 0 aliphatic rings. The third-order valence-electron chi connectivity index (χ3n) is 11.0. The quantitative estimate of drug-likeness (QED) is 0.0346.